The molecule has 12 aromatic rings. The Morgan fingerprint density at radius 1 is 0.281 bits per heavy atom. The highest BCUT2D eigenvalue weighted by Gasteiger charge is 2.24. The summed E-state index contributed by atoms with van der Waals surface area (Å²) in [7, 11) is 0. The van der Waals surface area contributed by atoms with Gasteiger partial charge >= 0.3 is 0 Å². The van der Waals surface area contributed by atoms with Gasteiger partial charge in [0.05, 0.1) is 22.4 Å². The van der Waals surface area contributed by atoms with E-state index in [2.05, 4.69) is 264 Å². The highest BCUT2D eigenvalue weighted by molar-refractivity contribution is 6.16. The fourth-order valence-electron chi connectivity index (χ4n) is 9.87. The molecule has 0 aliphatic heterocycles. The minimum absolute atomic E-state index is 1.08. The van der Waals surface area contributed by atoms with Crippen molar-refractivity contribution >= 4 is 60.4 Å². The molecule has 0 radical (unpaired) electrons. The molecule has 0 atom stereocenters. The van der Waals surface area contributed by atoms with Crippen molar-refractivity contribution in [2.45, 2.75) is 0 Å². The number of nitrogens with zero attached hydrogens (tertiary/aromatic N) is 2. The van der Waals surface area contributed by atoms with Gasteiger partial charge in [-0.3, -0.25) is 0 Å². The van der Waals surface area contributed by atoms with Crippen molar-refractivity contribution in [2.75, 3.05) is 4.90 Å². The highest BCUT2D eigenvalue weighted by atomic mass is 15.1. The summed E-state index contributed by atoms with van der Waals surface area (Å²) in [4.78, 5) is 2.49. The molecule has 0 unspecified atom stereocenters. The van der Waals surface area contributed by atoms with Crippen molar-refractivity contribution in [1.82, 2.24) is 4.57 Å². The molecular weight excluding hydrogens is 773 g/mol. The summed E-state index contributed by atoms with van der Waals surface area (Å²) >= 11 is 0. The van der Waals surface area contributed by atoms with Crippen molar-refractivity contribution in [3.63, 3.8) is 0 Å². The quantitative estimate of drug-likeness (QED) is 0.139. The van der Waals surface area contributed by atoms with Crippen LogP contribution in [0.25, 0.3) is 93.5 Å². The molecule has 12 rings (SSSR count). The number of para-hydroxylation sites is 2. The van der Waals surface area contributed by atoms with Gasteiger partial charge in [-0.15, -0.1) is 0 Å². The molecule has 0 amide bonds. The molecule has 300 valence electrons. The Hall–Kier alpha value is -8.46. The Bertz CT molecular complexity index is 3590. The highest BCUT2D eigenvalue weighted by Crippen LogP contribution is 2.50. The number of hydrogen-bond acceptors (Lipinski definition) is 1. The van der Waals surface area contributed by atoms with Gasteiger partial charge in [-0.1, -0.05) is 206 Å². The third-order valence-electron chi connectivity index (χ3n) is 12.8. The monoisotopic (exact) mass is 814 g/mol. The molecule has 2 heteroatoms. The normalized spacial score (nSPS) is 11.4. The number of benzene rings is 11. The first-order valence-corrected chi connectivity index (χ1v) is 22.0. The lowest BCUT2D eigenvalue weighted by Crippen LogP contribution is -2.12. The molecule has 1 aromatic heterocycles. The van der Waals surface area contributed by atoms with Crippen LogP contribution in [0.3, 0.4) is 0 Å². The number of rotatable bonds is 8. The Balaban J connectivity index is 1.06. The summed E-state index contributed by atoms with van der Waals surface area (Å²) in [5.41, 5.74) is 16.3. The molecule has 11 aromatic carbocycles. The van der Waals surface area contributed by atoms with E-state index in [-0.39, 0.29) is 0 Å². The fraction of sp³-hybridized carbons (Fsp3) is 0. The molecule has 0 aliphatic carbocycles. The van der Waals surface area contributed by atoms with E-state index in [1.165, 1.54) is 82.3 Å². The first-order chi connectivity index (χ1) is 31.8. The zero-order chi connectivity index (χ0) is 42.4. The molecule has 1 heterocycles. The molecule has 0 spiro atoms. The van der Waals surface area contributed by atoms with Crippen LogP contribution in [0.5, 0.6) is 0 Å². The largest absolute Gasteiger partial charge is 0.309 e. The van der Waals surface area contributed by atoms with Gasteiger partial charge in [0, 0.05) is 33.1 Å². The van der Waals surface area contributed by atoms with Crippen LogP contribution in [-0.4, -0.2) is 4.57 Å². The number of anilines is 3. The van der Waals surface area contributed by atoms with Crippen LogP contribution in [0.2, 0.25) is 0 Å². The first kappa shape index (κ1) is 37.3. The molecule has 0 aliphatic rings. The van der Waals surface area contributed by atoms with E-state index < -0.39 is 0 Å². The molecule has 0 saturated heterocycles. The predicted octanol–water partition coefficient (Wildman–Crippen LogP) is 17.2. The van der Waals surface area contributed by atoms with Crippen LogP contribution in [0.15, 0.2) is 255 Å². The lowest BCUT2D eigenvalue weighted by atomic mass is 9.87. The Kier molecular flexibility index (Phi) is 9.20. The predicted molar refractivity (Wildman–Crippen MR) is 272 cm³/mol. The van der Waals surface area contributed by atoms with Crippen LogP contribution in [-0.2, 0) is 0 Å². The van der Waals surface area contributed by atoms with Crippen molar-refractivity contribution in [1.29, 1.82) is 0 Å². The maximum atomic E-state index is 2.49. The summed E-state index contributed by atoms with van der Waals surface area (Å²) < 4.78 is 2.38. The third kappa shape index (κ3) is 6.35. The second kappa shape index (κ2) is 15.8. The average molecular weight is 815 g/mol. The van der Waals surface area contributed by atoms with E-state index in [0.29, 0.717) is 0 Å². The zero-order valence-corrected chi connectivity index (χ0v) is 35.1. The zero-order valence-electron chi connectivity index (χ0n) is 35.1. The molecule has 0 fully saturated rings. The topological polar surface area (TPSA) is 8.17 Å². The average Bonchev–Trinajstić information content (AvgIpc) is 3.71. The Morgan fingerprint density at radius 2 is 0.766 bits per heavy atom. The summed E-state index contributed by atoms with van der Waals surface area (Å²) in [6.45, 7) is 0. The van der Waals surface area contributed by atoms with Crippen molar-refractivity contribution in [3.05, 3.63) is 255 Å². The van der Waals surface area contributed by atoms with Crippen molar-refractivity contribution < 1.29 is 0 Å². The van der Waals surface area contributed by atoms with E-state index in [0.717, 1.165) is 28.3 Å². The minimum Gasteiger partial charge on any atom is -0.309 e. The van der Waals surface area contributed by atoms with E-state index >= 15 is 0 Å². The number of fused-ring (bicyclic) bond motifs is 6. The number of hydrogen-bond donors (Lipinski definition) is 0. The van der Waals surface area contributed by atoms with E-state index in [1.807, 2.05) is 0 Å². The number of aromatic nitrogens is 1. The van der Waals surface area contributed by atoms with Gasteiger partial charge in [-0.05, 0) is 104 Å². The standard InChI is InChI=1S/C62H42N2/c1-3-18-45(19-4-1)50-23-9-12-29-57(50)62-52(46-20-5-2-6-21-46)30-17-33-60(62)64(61-42-47-22-7-8-24-51(47)53-25-10-11-26-54(53)61)49-40-36-44(37-41-49)43-34-38-48(39-35-43)63-58-31-15-13-27-55(58)56-28-14-16-32-59(56)63/h1-42H. The van der Waals surface area contributed by atoms with Crippen LogP contribution in [0, 0.1) is 0 Å². The molecule has 0 saturated carbocycles. The molecular formula is C62H42N2. The molecule has 0 N–H and O–H groups in total. The Morgan fingerprint density at radius 3 is 1.42 bits per heavy atom. The SMILES string of the molecule is c1ccc(-c2ccccc2-c2c(-c3ccccc3)cccc2N(c2ccc(-c3ccc(-n4c5ccccc5c5ccccc54)cc3)cc2)c2cc3ccccc3c3ccccc23)cc1. The van der Waals surface area contributed by atoms with E-state index in [1.54, 1.807) is 0 Å². The van der Waals surface area contributed by atoms with Crippen LogP contribution in [0.4, 0.5) is 17.1 Å². The van der Waals surface area contributed by atoms with E-state index in [9.17, 15) is 0 Å². The second-order valence-electron chi connectivity index (χ2n) is 16.4. The van der Waals surface area contributed by atoms with Crippen LogP contribution < -0.4 is 4.90 Å². The third-order valence-corrected chi connectivity index (χ3v) is 12.8. The van der Waals surface area contributed by atoms with Gasteiger partial charge in [-0.25, -0.2) is 0 Å². The smallest absolute Gasteiger partial charge is 0.0546 e. The fourth-order valence-corrected chi connectivity index (χ4v) is 9.87. The van der Waals surface area contributed by atoms with Crippen LogP contribution >= 0.6 is 0 Å². The summed E-state index contributed by atoms with van der Waals surface area (Å²) in [6, 6.07) is 92.8. The molecule has 0 bridgehead atoms. The van der Waals surface area contributed by atoms with Gasteiger partial charge < -0.3 is 9.47 Å². The van der Waals surface area contributed by atoms with Gasteiger partial charge in [0.2, 0.25) is 0 Å². The van der Waals surface area contributed by atoms with Crippen LogP contribution in [0.1, 0.15) is 0 Å². The van der Waals surface area contributed by atoms with E-state index in [4.69, 9.17) is 0 Å². The molecule has 64 heavy (non-hydrogen) atoms. The molecule has 2 nitrogen and oxygen atoms in total. The lowest BCUT2D eigenvalue weighted by molar-refractivity contribution is 1.18. The van der Waals surface area contributed by atoms with Crippen molar-refractivity contribution in [3.8, 4) is 50.2 Å². The first-order valence-electron chi connectivity index (χ1n) is 22.0. The summed E-state index contributed by atoms with van der Waals surface area (Å²) in [6.07, 6.45) is 0. The maximum Gasteiger partial charge on any atom is 0.0546 e. The van der Waals surface area contributed by atoms with Crippen molar-refractivity contribution in [2.24, 2.45) is 0 Å². The Labute approximate surface area is 373 Å². The summed E-state index contributed by atoms with van der Waals surface area (Å²) in [5, 5.41) is 7.40. The van der Waals surface area contributed by atoms with Gasteiger partial charge in [-0.2, -0.15) is 0 Å². The van der Waals surface area contributed by atoms with Gasteiger partial charge in [0.25, 0.3) is 0 Å². The van der Waals surface area contributed by atoms with Gasteiger partial charge in [0.15, 0.2) is 0 Å². The second-order valence-corrected chi connectivity index (χ2v) is 16.4. The lowest BCUT2D eigenvalue weighted by Gasteiger charge is -2.31. The minimum atomic E-state index is 1.08. The summed E-state index contributed by atoms with van der Waals surface area (Å²) in [5.74, 6) is 0. The van der Waals surface area contributed by atoms with Gasteiger partial charge in [0.1, 0.15) is 0 Å². The maximum absolute atomic E-state index is 2.49.